The quantitative estimate of drug-likeness (QED) is 0.412. The lowest BCUT2D eigenvalue weighted by Gasteiger charge is -2.28. The predicted molar refractivity (Wildman–Crippen MR) is 158 cm³/mol. The fourth-order valence-electron chi connectivity index (χ4n) is 4.22. The molecule has 14 heteroatoms. The third-order valence-electron chi connectivity index (χ3n) is 5.86. The fourth-order valence-corrected chi connectivity index (χ4v) is 5.14. The number of nitrogens with one attached hydrogen (secondary N) is 2. The third kappa shape index (κ3) is 7.51. The maximum atomic E-state index is 14.5. The van der Waals surface area contributed by atoms with Crippen LogP contribution >= 0.6 is 23.1 Å². The standard InChI is InChI=1S/C18H17FN4O2S.C9H16ClN5/c1-4-5-22-13-7-12(11(19)6-14(13)25-9-16(22)24)20-17-23-10-18(2,3)8-15(23)21-26-17;1-5-11-7-12-6(10)13-8(14-7)15-9(2,3)4/h1,6-7H,5,8-10H2,2-3H3;5H2,1-4H3,(H2,11,12,13,14,15)/b20-17-;. The number of fused-ring (bicyclic) bond motifs is 2. The molecule has 0 saturated heterocycles. The van der Waals surface area contributed by atoms with E-state index in [9.17, 15) is 9.18 Å². The molecule has 0 radical (unpaired) electrons. The second kappa shape index (κ2) is 12.0. The third-order valence-corrected chi connectivity index (χ3v) is 6.81. The van der Waals surface area contributed by atoms with E-state index in [2.05, 4.69) is 54.7 Å². The summed E-state index contributed by atoms with van der Waals surface area (Å²) in [6.07, 6.45) is 6.22. The van der Waals surface area contributed by atoms with E-state index in [-0.39, 0.29) is 41.0 Å². The van der Waals surface area contributed by atoms with Crippen LogP contribution in [0.3, 0.4) is 0 Å². The van der Waals surface area contributed by atoms with Crippen LogP contribution in [0.1, 0.15) is 47.4 Å². The van der Waals surface area contributed by atoms with Gasteiger partial charge in [-0.25, -0.2) is 9.38 Å². The molecular formula is C27H33ClFN9O2S. The molecular weight excluding hydrogens is 569 g/mol. The molecule has 2 N–H and O–H groups in total. The lowest BCUT2D eigenvalue weighted by Crippen LogP contribution is -2.39. The summed E-state index contributed by atoms with van der Waals surface area (Å²) in [4.78, 5) is 30.7. The van der Waals surface area contributed by atoms with Gasteiger partial charge in [0, 0.05) is 42.6 Å². The van der Waals surface area contributed by atoms with Crippen LogP contribution in [0.2, 0.25) is 5.28 Å². The molecule has 1 aromatic carbocycles. The summed E-state index contributed by atoms with van der Waals surface area (Å²) in [5.74, 6) is 3.90. The van der Waals surface area contributed by atoms with Gasteiger partial charge in [-0.3, -0.25) is 9.69 Å². The number of ether oxygens (including phenoxy) is 1. The van der Waals surface area contributed by atoms with Crippen molar-refractivity contribution in [3.63, 3.8) is 0 Å². The second-order valence-electron chi connectivity index (χ2n) is 11.3. The first-order valence-electron chi connectivity index (χ1n) is 13.0. The highest BCUT2D eigenvalue weighted by Crippen LogP contribution is 2.37. The van der Waals surface area contributed by atoms with Crippen molar-refractivity contribution in [2.75, 3.05) is 35.2 Å². The molecule has 11 nitrogen and oxygen atoms in total. The average Bonchev–Trinajstić information content (AvgIpc) is 3.36. The zero-order valence-electron chi connectivity index (χ0n) is 23.9. The van der Waals surface area contributed by atoms with Crippen LogP contribution in [0.15, 0.2) is 17.1 Å². The monoisotopic (exact) mass is 601 g/mol. The molecule has 0 fully saturated rings. The Kier molecular flexibility index (Phi) is 8.84. The zero-order chi connectivity index (χ0) is 29.9. The number of benzene rings is 1. The Balaban J connectivity index is 0.000000221. The van der Waals surface area contributed by atoms with Gasteiger partial charge in [-0.2, -0.15) is 19.3 Å². The summed E-state index contributed by atoms with van der Waals surface area (Å²) in [6.45, 7) is 13.8. The molecule has 0 unspecified atom stereocenters. The normalized spacial score (nSPS) is 15.7. The van der Waals surface area contributed by atoms with Crippen molar-refractivity contribution in [2.24, 2.45) is 10.4 Å². The van der Waals surface area contributed by atoms with Crippen LogP contribution < -0.4 is 25.1 Å². The van der Waals surface area contributed by atoms with Gasteiger partial charge in [0.2, 0.25) is 22.0 Å². The van der Waals surface area contributed by atoms with Crippen molar-refractivity contribution in [1.29, 1.82) is 0 Å². The topological polar surface area (TPSA) is 122 Å². The van der Waals surface area contributed by atoms with Crippen molar-refractivity contribution < 1.29 is 13.9 Å². The Hall–Kier alpha value is -3.76. The molecule has 1 amide bonds. The molecule has 5 rings (SSSR count). The minimum atomic E-state index is -0.515. The molecule has 4 heterocycles. The first-order chi connectivity index (χ1) is 19.3. The SMILES string of the molecule is C#CCN1C(=O)COc2cc(F)c(/N=c3\snc4n3CC(C)(C)C4)cc21.CCNc1nc(Cl)nc(NC(C)(C)C)n1. The summed E-state index contributed by atoms with van der Waals surface area (Å²) in [5, 5.41) is 6.31. The van der Waals surface area contributed by atoms with Gasteiger partial charge in [-0.15, -0.1) is 6.42 Å². The van der Waals surface area contributed by atoms with Crippen LogP contribution in [0.4, 0.5) is 27.7 Å². The summed E-state index contributed by atoms with van der Waals surface area (Å²) < 4.78 is 26.3. The van der Waals surface area contributed by atoms with Gasteiger partial charge in [0.1, 0.15) is 17.3 Å². The van der Waals surface area contributed by atoms with Crippen molar-refractivity contribution in [3.8, 4) is 18.1 Å². The number of hydrogen-bond donors (Lipinski definition) is 2. The Labute approximate surface area is 247 Å². The first kappa shape index (κ1) is 30.2. The molecule has 0 saturated carbocycles. The molecule has 0 spiro atoms. The Morgan fingerprint density at radius 3 is 2.68 bits per heavy atom. The van der Waals surface area contributed by atoms with Crippen LogP contribution in [-0.2, 0) is 17.8 Å². The van der Waals surface area contributed by atoms with Gasteiger partial charge >= 0.3 is 0 Å². The van der Waals surface area contributed by atoms with E-state index in [4.69, 9.17) is 22.8 Å². The van der Waals surface area contributed by atoms with E-state index >= 15 is 0 Å². The van der Waals surface area contributed by atoms with Crippen LogP contribution in [0.5, 0.6) is 5.75 Å². The first-order valence-corrected chi connectivity index (χ1v) is 14.2. The number of terminal acetylenes is 1. The number of anilines is 3. The second-order valence-corrected chi connectivity index (χ2v) is 12.4. The largest absolute Gasteiger partial charge is 0.481 e. The molecule has 41 heavy (non-hydrogen) atoms. The molecule has 2 aliphatic rings. The van der Waals surface area contributed by atoms with E-state index in [0.717, 1.165) is 25.3 Å². The number of rotatable bonds is 5. The van der Waals surface area contributed by atoms with Crippen molar-refractivity contribution >= 4 is 52.3 Å². The highest BCUT2D eigenvalue weighted by atomic mass is 35.5. The molecule has 2 aliphatic heterocycles. The molecule has 3 aromatic rings. The molecule has 0 atom stereocenters. The van der Waals surface area contributed by atoms with Crippen LogP contribution in [-0.4, -0.2) is 55.0 Å². The lowest BCUT2D eigenvalue weighted by atomic mass is 9.92. The molecule has 2 aromatic heterocycles. The number of nitrogens with zero attached hydrogens (tertiary/aromatic N) is 7. The number of carbonyl (C=O) groups is 1. The van der Waals surface area contributed by atoms with Crippen molar-refractivity contribution in [2.45, 2.75) is 60.0 Å². The van der Waals surface area contributed by atoms with Gasteiger partial charge in [-0.05, 0) is 50.8 Å². The van der Waals surface area contributed by atoms with Gasteiger partial charge in [0.25, 0.3) is 5.91 Å². The van der Waals surface area contributed by atoms with E-state index in [1.807, 2.05) is 32.3 Å². The number of amides is 1. The highest BCUT2D eigenvalue weighted by molar-refractivity contribution is 7.02. The lowest BCUT2D eigenvalue weighted by molar-refractivity contribution is -0.121. The maximum Gasteiger partial charge on any atom is 0.265 e. The highest BCUT2D eigenvalue weighted by Gasteiger charge is 2.31. The van der Waals surface area contributed by atoms with E-state index in [0.29, 0.717) is 28.1 Å². The van der Waals surface area contributed by atoms with Gasteiger partial charge in [0.05, 0.1) is 12.2 Å². The van der Waals surface area contributed by atoms with Crippen LogP contribution in [0.25, 0.3) is 0 Å². The van der Waals surface area contributed by atoms with Gasteiger partial charge in [-0.1, -0.05) is 19.8 Å². The number of carbonyl (C=O) groups excluding carboxylic acids is 1. The van der Waals surface area contributed by atoms with E-state index in [1.54, 1.807) is 0 Å². The molecule has 218 valence electrons. The summed E-state index contributed by atoms with van der Waals surface area (Å²) in [5.41, 5.74) is 0.575. The smallest absolute Gasteiger partial charge is 0.265 e. The van der Waals surface area contributed by atoms with Gasteiger partial charge < -0.3 is 19.9 Å². The Morgan fingerprint density at radius 1 is 1.27 bits per heavy atom. The fraction of sp³-hybridized carbons (Fsp3) is 0.481. The van der Waals surface area contributed by atoms with E-state index < -0.39 is 5.82 Å². The predicted octanol–water partition coefficient (Wildman–Crippen LogP) is 4.42. The van der Waals surface area contributed by atoms with Crippen LogP contribution in [0, 0.1) is 23.6 Å². The number of hydrogen-bond acceptors (Lipinski definition) is 10. The number of halogens is 2. The van der Waals surface area contributed by atoms with Crippen molar-refractivity contribution in [3.05, 3.63) is 33.9 Å². The summed E-state index contributed by atoms with van der Waals surface area (Å²) >= 11 is 7.01. The van der Waals surface area contributed by atoms with Gasteiger partial charge in [0.15, 0.2) is 12.4 Å². The Morgan fingerprint density at radius 2 is 2.00 bits per heavy atom. The molecule has 0 aliphatic carbocycles. The number of aromatic nitrogens is 5. The van der Waals surface area contributed by atoms with Crippen molar-refractivity contribution in [1.82, 2.24) is 23.9 Å². The Bertz CT molecular complexity index is 1560. The average molecular weight is 602 g/mol. The summed E-state index contributed by atoms with van der Waals surface area (Å²) in [6, 6.07) is 2.76. The summed E-state index contributed by atoms with van der Waals surface area (Å²) in [7, 11) is 0. The van der Waals surface area contributed by atoms with E-state index in [1.165, 1.54) is 28.6 Å². The minimum Gasteiger partial charge on any atom is -0.481 e. The zero-order valence-corrected chi connectivity index (χ0v) is 25.5. The maximum absolute atomic E-state index is 14.5. The minimum absolute atomic E-state index is 0.0964. The molecule has 0 bridgehead atoms.